The van der Waals surface area contributed by atoms with Crippen molar-refractivity contribution >= 4 is 0 Å². The Labute approximate surface area is 129 Å². The van der Waals surface area contributed by atoms with E-state index in [1.807, 2.05) is 0 Å². The lowest BCUT2D eigenvalue weighted by atomic mass is 9.93. The van der Waals surface area contributed by atoms with E-state index in [2.05, 4.69) is 29.2 Å². The average molecular weight is 289 g/mol. The van der Waals surface area contributed by atoms with E-state index in [0.717, 1.165) is 18.5 Å². The lowest BCUT2D eigenvalue weighted by molar-refractivity contribution is 0.383. The van der Waals surface area contributed by atoms with Crippen molar-refractivity contribution in [2.24, 2.45) is 5.92 Å². The minimum absolute atomic E-state index is 0.683. The van der Waals surface area contributed by atoms with Crippen molar-refractivity contribution in [3.05, 3.63) is 18.0 Å². The summed E-state index contributed by atoms with van der Waals surface area (Å²) in [6, 6.07) is 3.69. The van der Waals surface area contributed by atoms with Gasteiger partial charge in [-0.3, -0.25) is 4.68 Å². The van der Waals surface area contributed by atoms with Crippen LogP contribution in [0.5, 0.6) is 0 Å². The lowest BCUT2D eigenvalue weighted by Gasteiger charge is -2.20. The molecule has 0 aliphatic heterocycles. The quantitative estimate of drug-likeness (QED) is 0.827. The molecule has 1 aromatic heterocycles. The van der Waals surface area contributed by atoms with Crippen molar-refractivity contribution in [2.45, 2.75) is 83.2 Å². The van der Waals surface area contributed by atoms with Crippen LogP contribution in [0, 0.1) is 5.92 Å². The Morgan fingerprint density at radius 2 is 1.90 bits per heavy atom. The van der Waals surface area contributed by atoms with Crippen molar-refractivity contribution in [3.8, 4) is 0 Å². The number of hydrogen-bond acceptors (Lipinski definition) is 2. The van der Waals surface area contributed by atoms with E-state index in [1.165, 1.54) is 69.9 Å². The van der Waals surface area contributed by atoms with E-state index in [9.17, 15) is 0 Å². The van der Waals surface area contributed by atoms with Crippen LogP contribution < -0.4 is 5.32 Å². The predicted molar refractivity (Wildman–Crippen MR) is 87.5 cm³/mol. The predicted octanol–water partition coefficient (Wildman–Crippen LogP) is 4.10. The summed E-state index contributed by atoms with van der Waals surface area (Å²) in [5.74, 6) is 0.823. The molecule has 118 valence electrons. The van der Waals surface area contributed by atoms with E-state index in [4.69, 9.17) is 5.10 Å². The van der Waals surface area contributed by atoms with Gasteiger partial charge in [-0.2, -0.15) is 5.10 Å². The zero-order valence-electron chi connectivity index (χ0n) is 13.6. The smallest absolute Gasteiger partial charge is 0.0627 e. The molecule has 0 radical (unpaired) electrons. The molecule has 0 aromatic carbocycles. The minimum Gasteiger partial charge on any atom is -0.314 e. The Balaban J connectivity index is 1.57. The molecule has 1 aromatic rings. The molecular formula is C18H31N3. The summed E-state index contributed by atoms with van der Waals surface area (Å²) < 4.78 is 2.25. The highest BCUT2D eigenvalue weighted by Crippen LogP contribution is 2.30. The van der Waals surface area contributed by atoms with E-state index < -0.39 is 0 Å². The molecule has 3 heteroatoms. The lowest BCUT2D eigenvalue weighted by Crippen LogP contribution is -2.30. The van der Waals surface area contributed by atoms with Gasteiger partial charge in [0.25, 0.3) is 0 Å². The molecule has 0 bridgehead atoms. The molecule has 2 fully saturated rings. The van der Waals surface area contributed by atoms with E-state index in [1.54, 1.807) is 0 Å². The maximum atomic E-state index is 4.88. The zero-order chi connectivity index (χ0) is 14.5. The maximum absolute atomic E-state index is 4.88. The van der Waals surface area contributed by atoms with Crippen LogP contribution in [-0.2, 0) is 6.42 Å². The van der Waals surface area contributed by atoms with Crippen LogP contribution >= 0.6 is 0 Å². The standard InChI is InChI=1S/C18H31N3/c1-2-19-16-8-4-3-7-15(13-16)14-17-11-12-21(20-17)18-9-5-6-10-18/h11-12,15-16,18-19H,2-10,13-14H2,1H3. The fraction of sp³-hybridized carbons (Fsp3) is 0.833. The van der Waals surface area contributed by atoms with Crippen molar-refractivity contribution in [2.75, 3.05) is 6.54 Å². The third-order valence-corrected chi connectivity index (χ3v) is 5.39. The summed E-state index contributed by atoms with van der Waals surface area (Å²) in [6.07, 6.45) is 15.7. The fourth-order valence-electron chi connectivity index (χ4n) is 4.28. The molecule has 3 nitrogen and oxygen atoms in total. The van der Waals surface area contributed by atoms with Gasteiger partial charge in [0.2, 0.25) is 0 Å². The number of nitrogens with one attached hydrogen (secondary N) is 1. The van der Waals surface area contributed by atoms with E-state index >= 15 is 0 Å². The third-order valence-electron chi connectivity index (χ3n) is 5.39. The minimum atomic E-state index is 0.683. The van der Waals surface area contributed by atoms with Crippen LogP contribution in [0.25, 0.3) is 0 Å². The van der Waals surface area contributed by atoms with E-state index in [0.29, 0.717) is 6.04 Å². The normalized spacial score (nSPS) is 27.9. The Morgan fingerprint density at radius 3 is 2.71 bits per heavy atom. The van der Waals surface area contributed by atoms with Gasteiger partial charge in [0.05, 0.1) is 11.7 Å². The highest BCUT2D eigenvalue weighted by Gasteiger charge is 2.22. The fourth-order valence-corrected chi connectivity index (χ4v) is 4.28. The second-order valence-electron chi connectivity index (χ2n) is 7.07. The van der Waals surface area contributed by atoms with Gasteiger partial charge in [0.15, 0.2) is 0 Å². The monoisotopic (exact) mass is 289 g/mol. The molecule has 1 N–H and O–H groups in total. The largest absolute Gasteiger partial charge is 0.314 e. The van der Waals surface area contributed by atoms with Crippen molar-refractivity contribution in [1.82, 2.24) is 15.1 Å². The first-order chi connectivity index (χ1) is 10.3. The Kier molecular flexibility index (Phi) is 5.34. The SMILES string of the molecule is CCNC1CCCCC(Cc2ccn(C3CCCC3)n2)C1. The average Bonchev–Trinajstić information content (AvgIpc) is 3.10. The van der Waals surface area contributed by atoms with Gasteiger partial charge in [-0.1, -0.05) is 39.0 Å². The molecular weight excluding hydrogens is 258 g/mol. The molecule has 1 heterocycles. The summed E-state index contributed by atoms with van der Waals surface area (Å²) in [4.78, 5) is 0. The van der Waals surface area contributed by atoms with Gasteiger partial charge in [0.1, 0.15) is 0 Å². The van der Waals surface area contributed by atoms with Crippen molar-refractivity contribution in [3.63, 3.8) is 0 Å². The summed E-state index contributed by atoms with van der Waals surface area (Å²) in [5.41, 5.74) is 1.32. The molecule has 2 aliphatic rings. The molecule has 3 rings (SSSR count). The maximum Gasteiger partial charge on any atom is 0.0627 e. The topological polar surface area (TPSA) is 29.9 Å². The van der Waals surface area contributed by atoms with Gasteiger partial charge in [-0.25, -0.2) is 0 Å². The Bertz CT molecular complexity index is 420. The second kappa shape index (κ2) is 7.44. The third kappa shape index (κ3) is 4.09. The van der Waals surface area contributed by atoms with Crippen LogP contribution in [0.3, 0.4) is 0 Å². The molecule has 0 amide bonds. The first-order valence-corrected chi connectivity index (χ1v) is 9.12. The van der Waals surface area contributed by atoms with Crippen LogP contribution in [0.2, 0.25) is 0 Å². The van der Waals surface area contributed by atoms with Crippen LogP contribution in [0.1, 0.15) is 76.4 Å². The summed E-state index contributed by atoms with van der Waals surface area (Å²) in [5, 5.41) is 8.55. The molecule has 2 unspecified atom stereocenters. The molecule has 2 saturated carbocycles. The van der Waals surface area contributed by atoms with Gasteiger partial charge in [-0.15, -0.1) is 0 Å². The number of nitrogens with zero attached hydrogens (tertiary/aromatic N) is 2. The summed E-state index contributed by atoms with van der Waals surface area (Å²) in [7, 11) is 0. The van der Waals surface area contributed by atoms with Gasteiger partial charge >= 0.3 is 0 Å². The number of hydrogen-bond donors (Lipinski definition) is 1. The van der Waals surface area contributed by atoms with E-state index in [-0.39, 0.29) is 0 Å². The first-order valence-electron chi connectivity index (χ1n) is 9.12. The van der Waals surface area contributed by atoms with Gasteiger partial charge in [0, 0.05) is 12.2 Å². The number of aromatic nitrogens is 2. The van der Waals surface area contributed by atoms with Gasteiger partial charge < -0.3 is 5.32 Å². The second-order valence-corrected chi connectivity index (χ2v) is 7.07. The van der Waals surface area contributed by atoms with Crippen LogP contribution in [-0.4, -0.2) is 22.4 Å². The first kappa shape index (κ1) is 15.1. The van der Waals surface area contributed by atoms with Crippen LogP contribution in [0.15, 0.2) is 12.3 Å². The molecule has 2 aliphatic carbocycles. The highest BCUT2D eigenvalue weighted by molar-refractivity contribution is 5.02. The highest BCUT2D eigenvalue weighted by atomic mass is 15.3. The zero-order valence-corrected chi connectivity index (χ0v) is 13.6. The molecule has 21 heavy (non-hydrogen) atoms. The van der Waals surface area contributed by atoms with Crippen molar-refractivity contribution < 1.29 is 0 Å². The van der Waals surface area contributed by atoms with Crippen LogP contribution in [0.4, 0.5) is 0 Å². The Hall–Kier alpha value is -0.830. The molecule has 2 atom stereocenters. The molecule has 0 spiro atoms. The molecule has 0 saturated heterocycles. The summed E-state index contributed by atoms with van der Waals surface area (Å²) >= 11 is 0. The van der Waals surface area contributed by atoms with Gasteiger partial charge in [-0.05, 0) is 50.6 Å². The summed E-state index contributed by atoms with van der Waals surface area (Å²) in [6.45, 7) is 3.33. The number of rotatable bonds is 5. The van der Waals surface area contributed by atoms with Crippen molar-refractivity contribution in [1.29, 1.82) is 0 Å². The Morgan fingerprint density at radius 1 is 1.14 bits per heavy atom.